The van der Waals surface area contributed by atoms with Crippen LogP contribution in [0.3, 0.4) is 0 Å². The molecule has 1 aliphatic rings. The molecule has 4 aromatic rings. The summed E-state index contributed by atoms with van der Waals surface area (Å²) < 4.78 is 23.3. The summed E-state index contributed by atoms with van der Waals surface area (Å²) in [5.41, 5.74) is 1.99. The van der Waals surface area contributed by atoms with Gasteiger partial charge in [-0.3, -0.25) is 4.57 Å². The summed E-state index contributed by atoms with van der Waals surface area (Å²) in [6.45, 7) is 4.47. The average Bonchev–Trinajstić information content (AvgIpc) is 3.17. The lowest BCUT2D eigenvalue weighted by Crippen LogP contribution is -2.33. The molecular weight excluding hydrogens is 483 g/mol. The van der Waals surface area contributed by atoms with Gasteiger partial charge in [-0.25, -0.2) is 14.2 Å². The first kappa shape index (κ1) is 23.7. The molecule has 3 heterocycles. The van der Waals surface area contributed by atoms with Gasteiger partial charge < -0.3 is 19.3 Å². The molecule has 0 saturated carbocycles. The molecule has 0 amide bonds. The normalized spacial score (nSPS) is 15.5. The standard InChI is InChI=1S/C27H24ClFN4O3/c1-16-14-32(15-17(2)36-16)25-11-19(6-7-30-25)22-13-20(29)12-21(26(22)34)18-4-5-24(23(28)10-18)33-9-8-31(3)27(33)35/h4-14,17,34H,15H2,1-3H3/t17-/m1/s1. The van der Waals surface area contributed by atoms with Gasteiger partial charge in [-0.2, -0.15) is 0 Å². The van der Waals surface area contributed by atoms with Gasteiger partial charge in [-0.1, -0.05) is 17.7 Å². The molecule has 0 saturated heterocycles. The maximum Gasteiger partial charge on any atom is 0.332 e. The lowest BCUT2D eigenvalue weighted by atomic mass is 9.97. The van der Waals surface area contributed by atoms with E-state index in [9.17, 15) is 14.3 Å². The number of aromatic hydroxyl groups is 1. The average molecular weight is 507 g/mol. The molecule has 0 radical (unpaired) electrons. The Kier molecular flexibility index (Phi) is 6.05. The number of allylic oxidation sites excluding steroid dienone is 1. The molecule has 2 aromatic heterocycles. The highest BCUT2D eigenvalue weighted by Gasteiger charge is 2.20. The van der Waals surface area contributed by atoms with E-state index in [0.29, 0.717) is 39.8 Å². The fourth-order valence-electron chi connectivity index (χ4n) is 4.39. The van der Waals surface area contributed by atoms with E-state index in [1.807, 2.05) is 24.9 Å². The quantitative estimate of drug-likeness (QED) is 0.396. The van der Waals surface area contributed by atoms with E-state index in [4.69, 9.17) is 16.3 Å². The largest absolute Gasteiger partial charge is 0.507 e. The third-order valence-corrected chi connectivity index (χ3v) is 6.37. The number of phenols is 1. The minimum atomic E-state index is -0.508. The van der Waals surface area contributed by atoms with Crippen molar-refractivity contribution in [3.05, 3.63) is 94.3 Å². The lowest BCUT2D eigenvalue weighted by molar-refractivity contribution is 0.127. The van der Waals surface area contributed by atoms with Crippen molar-refractivity contribution in [2.75, 3.05) is 11.4 Å². The summed E-state index contributed by atoms with van der Waals surface area (Å²) in [5, 5.41) is 11.5. The van der Waals surface area contributed by atoms with E-state index in [1.54, 1.807) is 56.0 Å². The summed E-state index contributed by atoms with van der Waals surface area (Å²) >= 11 is 6.50. The smallest absolute Gasteiger partial charge is 0.332 e. The fraction of sp³-hybridized carbons (Fsp3) is 0.185. The molecule has 0 aliphatic carbocycles. The van der Waals surface area contributed by atoms with Crippen LogP contribution in [0, 0.1) is 5.82 Å². The molecule has 1 atom stereocenters. The first-order valence-electron chi connectivity index (χ1n) is 11.4. The Morgan fingerprint density at radius 3 is 2.47 bits per heavy atom. The SMILES string of the molecule is CC1=CN(c2cc(-c3cc(F)cc(-c4ccc(-n5ccn(C)c5=O)c(Cl)c4)c3O)ccn2)C[C@@H](C)O1. The van der Waals surface area contributed by atoms with Gasteiger partial charge in [-0.15, -0.1) is 0 Å². The molecule has 0 fully saturated rings. The van der Waals surface area contributed by atoms with Crippen LogP contribution in [0.4, 0.5) is 10.2 Å². The number of imidazole rings is 1. The number of ether oxygens (including phenoxy) is 1. The van der Waals surface area contributed by atoms with Crippen molar-refractivity contribution >= 4 is 17.4 Å². The van der Waals surface area contributed by atoms with E-state index >= 15 is 0 Å². The number of aromatic nitrogens is 3. The monoisotopic (exact) mass is 506 g/mol. The van der Waals surface area contributed by atoms with Gasteiger partial charge in [0.2, 0.25) is 0 Å². The highest BCUT2D eigenvalue weighted by atomic mass is 35.5. The van der Waals surface area contributed by atoms with Gasteiger partial charge >= 0.3 is 5.69 Å². The van der Waals surface area contributed by atoms with Crippen LogP contribution in [0.1, 0.15) is 13.8 Å². The van der Waals surface area contributed by atoms with Gasteiger partial charge in [0.25, 0.3) is 0 Å². The fourth-order valence-corrected chi connectivity index (χ4v) is 4.67. The predicted octanol–water partition coefficient (Wildman–Crippen LogP) is 5.49. The number of phenolic OH excluding ortho intramolecular Hbond substituents is 1. The molecule has 5 rings (SSSR count). The Hall–Kier alpha value is -4.04. The van der Waals surface area contributed by atoms with Gasteiger partial charge in [0.1, 0.15) is 29.2 Å². The lowest BCUT2D eigenvalue weighted by Gasteiger charge is -2.30. The number of pyridine rings is 1. The van der Waals surface area contributed by atoms with Crippen molar-refractivity contribution in [1.29, 1.82) is 0 Å². The van der Waals surface area contributed by atoms with E-state index in [1.165, 1.54) is 21.3 Å². The highest BCUT2D eigenvalue weighted by Crippen LogP contribution is 2.41. The van der Waals surface area contributed by atoms with Crippen molar-refractivity contribution in [3.8, 4) is 33.7 Å². The van der Waals surface area contributed by atoms with Crippen LogP contribution < -0.4 is 10.6 Å². The van der Waals surface area contributed by atoms with Crippen molar-refractivity contribution in [2.24, 2.45) is 7.05 Å². The Morgan fingerprint density at radius 2 is 1.83 bits per heavy atom. The maximum absolute atomic E-state index is 14.8. The number of benzene rings is 2. The predicted molar refractivity (Wildman–Crippen MR) is 138 cm³/mol. The second-order valence-electron chi connectivity index (χ2n) is 8.80. The minimum absolute atomic E-state index is 0.00547. The molecule has 2 aromatic carbocycles. The van der Waals surface area contributed by atoms with Gasteiger partial charge in [0, 0.05) is 43.0 Å². The molecule has 184 valence electrons. The van der Waals surface area contributed by atoms with Crippen LogP contribution in [0.15, 0.2) is 77.8 Å². The second kappa shape index (κ2) is 9.20. The highest BCUT2D eigenvalue weighted by molar-refractivity contribution is 6.32. The van der Waals surface area contributed by atoms with Crippen molar-refractivity contribution < 1.29 is 14.2 Å². The summed E-state index contributed by atoms with van der Waals surface area (Å²) in [7, 11) is 1.65. The van der Waals surface area contributed by atoms with Crippen molar-refractivity contribution in [2.45, 2.75) is 20.0 Å². The van der Waals surface area contributed by atoms with Crippen molar-refractivity contribution in [1.82, 2.24) is 14.1 Å². The van der Waals surface area contributed by atoms with Crippen LogP contribution in [-0.2, 0) is 11.8 Å². The van der Waals surface area contributed by atoms with Gasteiger partial charge in [0.15, 0.2) is 0 Å². The zero-order valence-corrected chi connectivity index (χ0v) is 20.7. The Bertz CT molecular complexity index is 1560. The second-order valence-corrected chi connectivity index (χ2v) is 9.21. The zero-order chi connectivity index (χ0) is 25.6. The van der Waals surface area contributed by atoms with E-state index in [0.717, 1.165) is 5.76 Å². The molecule has 36 heavy (non-hydrogen) atoms. The number of aryl methyl sites for hydroxylation is 1. The third-order valence-electron chi connectivity index (χ3n) is 6.07. The molecule has 0 unspecified atom stereocenters. The first-order valence-corrected chi connectivity index (χ1v) is 11.7. The number of hydrogen-bond donors (Lipinski definition) is 1. The number of nitrogens with zero attached hydrogens (tertiary/aromatic N) is 4. The molecule has 1 aliphatic heterocycles. The molecule has 0 spiro atoms. The number of halogens is 2. The third kappa shape index (κ3) is 4.35. The molecule has 1 N–H and O–H groups in total. The van der Waals surface area contributed by atoms with E-state index in [-0.39, 0.29) is 23.1 Å². The van der Waals surface area contributed by atoms with Crippen LogP contribution in [0.25, 0.3) is 27.9 Å². The van der Waals surface area contributed by atoms with Crippen LogP contribution in [0.5, 0.6) is 5.75 Å². The first-order chi connectivity index (χ1) is 17.2. The minimum Gasteiger partial charge on any atom is -0.507 e. The summed E-state index contributed by atoms with van der Waals surface area (Å²) in [6.07, 6.45) is 6.74. The Labute approximate surface area is 212 Å². The summed E-state index contributed by atoms with van der Waals surface area (Å²) in [6, 6.07) is 11.0. The number of hydrogen-bond acceptors (Lipinski definition) is 5. The van der Waals surface area contributed by atoms with Crippen LogP contribution >= 0.6 is 11.6 Å². The number of rotatable bonds is 4. The Balaban J connectivity index is 1.55. The Morgan fingerprint density at radius 1 is 1.11 bits per heavy atom. The molecular formula is C27H24ClFN4O3. The summed E-state index contributed by atoms with van der Waals surface area (Å²) in [4.78, 5) is 18.7. The molecule has 9 heteroatoms. The van der Waals surface area contributed by atoms with E-state index < -0.39 is 5.82 Å². The maximum atomic E-state index is 14.8. The van der Waals surface area contributed by atoms with E-state index in [2.05, 4.69) is 4.98 Å². The van der Waals surface area contributed by atoms with Crippen molar-refractivity contribution in [3.63, 3.8) is 0 Å². The van der Waals surface area contributed by atoms with Gasteiger partial charge in [0.05, 0.1) is 17.3 Å². The molecule has 7 nitrogen and oxygen atoms in total. The van der Waals surface area contributed by atoms with Crippen LogP contribution in [-0.4, -0.2) is 31.9 Å². The van der Waals surface area contributed by atoms with Gasteiger partial charge in [-0.05, 0) is 61.4 Å². The summed E-state index contributed by atoms with van der Waals surface area (Å²) in [5.74, 6) is 0.838. The number of anilines is 1. The topological polar surface area (TPSA) is 72.5 Å². The zero-order valence-electron chi connectivity index (χ0n) is 19.9. The van der Waals surface area contributed by atoms with Crippen LogP contribution in [0.2, 0.25) is 5.02 Å². The molecule has 0 bridgehead atoms.